The number of benzene rings is 4. The molecule has 0 amide bonds. The van der Waals surface area contributed by atoms with Crippen molar-refractivity contribution < 1.29 is 13.0 Å². The summed E-state index contributed by atoms with van der Waals surface area (Å²) in [6.07, 6.45) is 0. The molecular weight excluding hydrogens is 348 g/mol. The first-order valence-electron chi connectivity index (χ1n) is 8.03. The van der Waals surface area contributed by atoms with Crippen molar-refractivity contribution >= 4 is 43.0 Å². The van der Waals surface area contributed by atoms with Crippen molar-refractivity contribution in [1.82, 2.24) is 0 Å². The fourth-order valence-electron chi connectivity index (χ4n) is 3.09. The van der Waals surface area contributed by atoms with Crippen molar-refractivity contribution in [3.05, 3.63) is 78.9 Å². The van der Waals surface area contributed by atoms with E-state index in [0.717, 1.165) is 21.8 Å². The van der Waals surface area contributed by atoms with Gasteiger partial charge in [0.2, 0.25) is 0 Å². The molecule has 0 saturated heterocycles. The molecule has 0 heterocycles. The highest BCUT2D eigenvalue weighted by Crippen LogP contribution is 2.31. The number of hydrazine groups is 1. The van der Waals surface area contributed by atoms with Gasteiger partial charge in [-0.1, -0.05) is 66.7 Å². The number of anilines is 2. The van der Waals surface area contributed by atoms with Crippen LogP contribution in [0.3, 0.4) is 0 Å². The molecule has 6 heteroatoms. The standard InChI is InChI=1S/C20H16N2O3S/c23-26(24,25)20-17-10-4-2-7-15(17)12-13-19(20)22-21-18-11-5-8-14-6-1-3-9-16(14)18/h1-13,21-22H,(H,23,24,25). The molecule has 4 aromatic rings. The van der Waals surface area contributed by atoms with Gasteiger partial charge in [0.05, 0.1) is 11.4 Å². The van der Waals surface area contributed by atoms with E-state index in [-0.39, 0.29) is 10.6 Å². The number of hydrogen-bond acceptors (Lipinski definition) is 4. The quantitative estimate of drug-likeness (QED) is 0.362. The molecule has 0 saturated carbocycles. The Hall–Kier alpha value is -3.09. The molecule has 5 nitrogen and oxygen atoms in total. The zero-order valence-corrected chi connectivity index (χ0v) is 14.5. The molecular formula is C20H16N2O3S. The maximum Gasteiger partial charge on any atom is 0.297 e. The lowest BCUT2D eigenvalue weighted by atomic mass is 10.1. The molecule has 4 aromatic carbocycles. The van der Waals surface area contributed by atoms with Gasteiger partial charge in [-0.15, -0.1) is 0 Å². The third-order valence-corrected chi connectivity index (χ3v) is 5.21. The van der Waals surface area contributed by atoms with E-state index in [2.05, 4.69) is 10.9 Å². The van der Waals surface area contributed by atoms with E-state index in [1.54, 1.807) is 30.3 Å². The van der Waals surface area contributed by atoms with Crippen LogP contribution in [0.4, 0.5) is 11.4 Å². The molecule has 0 spiro atoms. The number of fused-ring (bicyclic) bond motifs is 2. The summed E-state index contributed by atoms with van der Waals surface area (Å²) >= 11 is 0. The molecule has 0 aliphatic carbocycles. The van der Waals surface area contributed by atoms with Crippen LogP contribution in [-0.2, 0) is 10.1 Å². The molecule has 0 unspecified atom stereocenters. The Morgan fingerprint density at radius 3 is 1.92 bits per heavy atom. The van der Waals surface area contributed by atoms with Crippen LogP contribution in [0.15, 0.2) is 83.8 Å². The average molecular weight is 364 g/mol. The maximum atomic E-state index is 12.0. The van der Waals surface area contributed by atoms with Crippen molar-refractivity contribution in [3.8, 4) is 0 Å². The van der Waals surface area contributed by atoms with Crippen LogP contribution >= 0.6 is 0 Å². The Balaban J connectivity index is 1.78. The van der Waals surface area contributed by atoms with Crippen molar-refractivity contribution in [2.24, 2.45) is 0 Å². The molecule has 0 aromatic heterocycles. The van der Waals surface area contributed by atoms with Crippen LogP contribution in [0.25, 0.3) is 21.5 Å². The van der Waals surface area contributed by atoms with Crippen LogP contribution in [0, 0.1) is 0 Å². The predicted octanol–water partition coefficient (Wildman–Crippen LogP) is 4.68. The molecule has 130 valence electrons. The summed E-state index contributed by atoms with van der Waals surface area (Å²) in [6, 6.07) is 24.1. The minimum absolute atomic E-state index is 0.150. The zero-order valence-electron chi connectivity index (χ0n) is 13.7. The Bertz CT molecular complexity index is 1210. The highest BCUT2D eigenvalue weighted by Gasteiger charge is 2.19. The predicted molar refractivity (Wildman–Crippen MR) is 105 cm³/mol. The largest absolute Gasteiger partial charge is 0.300 e. The average Bonchev–Trinajstić information content (AvgIpc) is 2.65. The smallest absolute Gasteiger partial charge is 0.297 e. The molecule has 26 heavy (non-hydrogen) atoms. The van der Waals surface area contributed by atoms with Crippen LogP contribution in [0.1, 0.15) is 0 Å². The molecule has 0 fully saturated rings. The number of rotatable bonds is 4. The summed E-state index contributed by atoms with van der Waals surface area (Å²) in [6.45, 7) is 0. The van der Waals surface area contributed by atoms with E-state index >= 15 is 0 Å². The Morgan fingerprint density at radius 2 is 1.19 bits per heavy atom. The molecule has 0 radical (unpaired) electrons. The highest BCUT2D eigenvalue weighted by molar-refractivity contribution is 7.86. The monoisotopic (exact) mass is 364 g/mol. The van der Waals surface area contributed by atoms with Gasteiger partial charge in [0, 0.05) is 10.8 Å². The van der Waals surface area contributed by atoms with Crippen molar-refractivity contribution in [2.75, 3.05) is 10.9 Å². The molecule has 0 aliphatic rings. The summed E-state index contributed by atoms with van der Waals surface area (Å²) in [5.74, 6) is 0. The Labute approximate surface area is 151 Å². The van der Waals surface area contributed by atoms with Gasteiger partial charge in [-0.2, -0.15) is 8.42 Å². The second-order valence-corrected chi connectivity index (χ2v) is 7.27. The van der Waals surface area contributed by atoms with Gasteiger partial charge in [-0.05, 0) is 22.9 Å². The van der Waals surface area contributed by atoms with Gasteiger partial charge < -0.3 is 5.43 Å². The first kappa shape index (κ1) is 16.4. The first-order valence-corrected chi connectivity index (χ1v) is 9.47. The normalized spacial score (nSPS) is 11.6. The Morgan fingerprint density at radius 1 is 0.615 bits per heavy atom. The molecule has 3 N–H and O–H groups in total. The van der Waals surface area contributed by atoms with Gasteiger partial charge in [0.25, 0.3) is 10.1 Å². The molecule has 0 atom stereocenters. The molecule has 4 rings (SSSR count). The molecule has 0 aliphatic heterocycles. The summed E-state index contributed by atoms with van der Waals surface area (Å²) in [7, 11) is -4.41. The summed E-state index contributed by atoms with van der Waals surface area (Å²) in [5, 5.41) is 3.25. The van der Waals surface area contributed by atoms with Crippen LogP contribution in [-0.4, -0.2) is 13.0 Å². The van der Waals surface area contributed by atoms with Crippen molar-refractivity contribution in [3.63, 3.8) is 0 Å². The van der Waals surface area contributed by atoms with Crippen LogP contribution < -0.4 is 10.9 Å². The summed E-state index contributed by atoms with van der Waals surface area (Å²) in [4.78, 5) is -0.150. The van der Waals surface area contributed by atoms with E-state index in [1.807, 2.05) is 48.5 Å². The lowest BCUT2D eigenvalue weighted by Crippen LogP contribution is -2.13. The molecule has 0 bridgehead atoms. The van der Waals surface area contributed by atoms with E-state index in [0.29, 0.717) is 5.39 Å². The van der Waals surface area contributed by atoms with Gasteiger partial charge in [-0.3, -0.25) is 9.98 Å². The maximum absolute atomic E-state index is 12.0. The third-order valence-electron chi connectivity index (χ3n) is 4.26. The SMILES string of the molecule is O=S(=O)(O)c1c(NNc2cccc3ccccc23)ccc2ccccc12. The van der Waals surface area contributed by atoms with Gasteiger partial charge in [-0.25, -0.2) is 0 Å². The topological polar surface area (TPSA) is 78.4 Å². The first-order chi connectivity index (χ1) is 12.5. The van der Waals surface area contributed by atoms with E-state index in [9.17, 15) is 13.0 Å². The summed E-state index contributed by atoms with van der Waals surface area (Å²) in [5.41, 5.74) is 7.07. The fourth-order valence-corrected chi connectivity index (χ4v) is 3.95. The van der Waals surface area contributed by atoms with Gasteiger partial charge >= 0.3 is 0 Å². The fraction of sp³-hybridized carbons (Fsp3) is 0. The summed E-state index contributed by atoms with van der Waals surface area (Å²) < 4.78 is 33.7. The Kier molecular flexibility index (Phi) is 3.99. The minimum Gasteiger partial charge on any atom is -0.300 e. The zero-order chi connectivity index (χ0) is 18.1. The lowest BCUT2D eigenvalue weighted by molar-refractivity contribution is 0.484. The van der Waals surface area contributed by atoms with E-state index in [4.69, 9.17) is 0 Å². The van der Waals surface area contributed by atoms with Crippen molar-refractivity contribution in [2.45, 2.75) is 4.90 Å². The second-order valence-electron chi connectivity index (χ2n) is 5.92. The second kappa shape index (κ2) is 6.33. The van der Waals surface area contributed by atoms with E-state index < -0.39 is 10.1 Å². The van der Waals surface area contributed by atoms with Gasteiger partial charge in [0.15, 0.2) is 0 Å². The highest BCUT2D eigenvalue weighted by atomic mass is 32.2. The third kappa shape index (κ3) is 2.96. The number of nitrogens with one attached hydrogen (secondary N) is 2. The van der Waals surface area contributed by atoms with Crippen molar-refractivity contribution in [1.29, 1.82) is 0 Å². The lowest BCUT2D eigenvalue weighted by Gasteiger charge is -2.15. The minimum atomic E-state index is -4.41. The van der Waals surface area contributed by atoms with Crippen LogP contribution in [0.2, 0.25) is 0 Å². The van der Waals surface area contributed by atoms with E-state index in [1.165, 1.54) is 0 Å². The number of hydrogen-bond donors (Lipinski definition) is 3. The van der Waals surface area contributed by atoms with Crippen LogP contribution in [0.5, 0.6) is 0 Å². The van der Waals surface area contributed by atoms with Gasteiger partial charge in [0.1, 0.15) is 4.90 Å².